The standard InChI is InChI=1S/C23H33NO7/c1-22(2)28-15-17(29-22)18-19(31-23(3,4)30-18)20(21(25)24-10-12-26-13-11-24)27-14-16-8-6-5-7-9-16/h5-9,17-20H,10-15H2,1-4H3/t17-,18-,19+,20-/m1/s1. The summed E-state index contributed by atoms with van der Waals surface area (Å²) in [5, 5.41) is 0. The van der Waals surface area contributed by atoms with Crippen LogP contribution in [0.5, 0.6) is 0 Å². The van der Waals surface area contributed by atoms with Crippen LogP contribution < -0.4 is 0 Å². The molecule has 8 nitrogen and oxygen atoms in total. The first-order valence-corrected chi connectivity index (χ1v) is 10.9. The predicted octanol–water partition coefficient (Wildman–Crippen LogP) is 2.10. The molecule has 3 saturated heterocycles. The van der Waals surface area contributed by atoms with E-state index in [1.54, 1.807) is 4.90 Å². The molecule has 1 aromatic rings. The van der Waals surface area contributed by atoms with Crippen molar-refractivity contribution in [2.24, 2.45) is 0 Å². The first-order valence-electron chi connectivity index (χ1n) is 10.9. The lowest BCUT2D eigenvalue weighted by Gasteiger charge is -2.34. The Hall–Kier alpha value is -1.55. The van der Waals surface area contributed by atoms with Crippen LogP contribution in [0.1, 0.15) is 33.3 Å². The number of morpholine rings is 1. The molecule has 3 aliphatic heterocycles. The van der Waals surface area contributed by atoms with E-state index in [9.17, 15) is 4.79 Å². The Morgan fingerprint density at radius 2 is 1.77 bits per heavy atom. The summed E-state index contributed by atoms with van der Waals surface area (Å²) in [4.78, 5) is 15.3. The van der Waals surface area contributed by atoms with Crippen molar-refractivity contribution < 1.29 is 33.2 Å². The average Bonchev–Trinajstić information content (AvgIpc) is 3.27. The number of nitrogens with zero attached hydrogens (tertiary/aromatic N) is 1. The minimum Gasteiger partial charge on any atom is -0.378 e. The molecule has 0 aromatic heterocycles. The molecule has 0 radical (unpaired) electrons. The van der Waals surface area contributed by atoms with Crippen LogP contribution in [0.15, 0.2) is 30.3 Å². The van der Waals surface area contributed by atoms with Gasteiger partial charge in [-0.2, -0.15) is 0 Å². The second kappa shape index (κ2) is 9.13. The normalized spacial score (nSPS) is 31.0. The molecule has 0 bridgehead atoms. The van der Waals surface area contributed by atoms with Gasteiger partial charge in [0, 0.05) is 13.1 Å². The molecule has 0 spiro atoms. The SMILES string of the molecule is CC1(C)O[C@H]([C@H]2COC(C)(C)O2)[C@@H]([C@@H](OCc2ccccc2)C(=O)N2CCOCC2)O1. The van der Waals surface area contributed by atoms with Crippen LogP contribution >= 0.6 is 0 Å². The van der Waals surface area contributed by atoms with E-state index in [1.807, 2.05) is 58.0 Å². The smallest absolute Gasteiger partial charge is 0.254 e. The molecule has 3 fully saturated rings. The third kappa shape index (κ3) is 5.45. The minimum absolute atomic E-state index is 0.117. The van der Waals surface area contributed by atoms with Crippen LogP contribution in [0, 0.1) is 0 Å². The summed E-state index contributed by atoms with van der Waals surface area (Å²) in [5.74, 6) is -1.70. The highest BCUT2D eigenvalue weighted by Crippen LogP contribution is 2.38. The zero-order chi connectivity index (χ0) is 22.1. The maximum absolute atomic E-state index is 13.5. The Morgan fingerprint density at radius 1 is 1.06 bits per heavy atom. The highest BCUT2D eigenvalue weighted by Gasteiger charge is 2.54. The summed E-state index contributed by atoms with van der Waals surface area (Å²) in [6.45, 7) is 10.2. The summed E-state index contributed by atoms with van der Waals surface area (Å²) >= 11 is 0. The van der Waals surface area contributed by atoms with E-state index in [0.717, 1.165) is 5.56 Å². The molecule has 0 N–H and O–H groups in total. The van der Waals surface area contributed by atoms with E-state index in [0.29, 0.717) is 39.5 Å². The molecule has 8 heteroatoms. The Balaban J connectivity index is 1.57. The number of carbonyl (C=O) groups is 1. The highest BCUT2D eigenvalue weighted by atomic mass is 16.8. The van der Waals surface area contributed by atoms with Crippen molar-refractivity contribution in [2.75, 3.05) is 32.9 Å². The van der Waals surface area contributed by atoms with Crippen LogP contribution in [0.2, 0.25) is 0 Å². The van der Waals surface area contributed by atoms with Gasteiger partial charge in [-0.05, 0) is 33.3 Å². The van der Waals surface area contributed by atoms with Gasteiger partial charge in [0.15, 0.2) is 17.7 Å². The lowest BCUT2D eigenvalue weighted by Crippen LogP contribution is -2.54. The monoisotopic (exact) mass is 435 g/mol. The highest BCUT2D eigenvalue weighted by molar-refractivity contribution is 5.82. The molecule has 1 amide bonds. The molecule has 0 unspecified atom stereocenters. The number of hydrogen-bond donors (Lipinski definition) is 0. The van der Waals surface area contributed by atoms with Gasteiger partial charge in [-0.1, -0.05) is 30.3 Å². The van der Waals surface area contributed by atoms with E-state index in [1.165, 1.54) is 0 Å². The Bertz CT molecular complexity index is 748. The quantitative estimate of drug-likeness (QED) is 0.677. The fourth-order valence-electron chi connectivity index (χ4n) is 4.25. The molecule has 4 atom stereocenters. The van der Waals surface area contributed by atoms with E-state index in [4.69, 9.17) is 28.4 Å². The van der Waals surface area contributed by atoms with Crippen molar-refractivity contribution in [1.29, 1.82) is 0 Å². The van der Waals surface area contributed by atoms with E-state index >= 15 is 0 Å². The zero-order valence-corrected chi connectivity index (χ0v) is 18.7. The van der Waals surface area contributed by atoms with Gasteiger partial charge in [0.1, 0.15) is 18.3 Å². The number of hydrogen-bond acceptors (Lipinski definition) is 7. The molecule has 4 rings (SSSR count). The van der Waals surface area contributed by atoms with Crippen molar-refractivity contribution in [3.05, 3.63) is 35.9 Å². The molecule has 3 heterocycles. The number of ether oxygens (including phenoxy) is 6. The average molecular weight is 436 g/mol. The minimum atomic E-state index is -0.870. The largest absolute Gasteiger partial charge is 0.378 e. The zero-order valence-electron chi connectivity index (χ0n) is 18.7. The topological polar surface area (TPSA) is 75.7 Å². The summed E-state index contributed by atoms with van der Waals surface area (Å²) < 4.78 is 35.9. The van der Waals surface area contributed by atoms with Gasteiger partial charge in [0.05, 0.1) is 26.4 Å². The maximum atomic E-state index is 13.5. The van der Waals surface area contributed by atoms with Gasteiger partial charge in [-0.3, -0.25) is 4.79 Å². The molecule has 0 saturated carbocycles. The first-order chi connectivity index (χ1) is 14.7. The Labute approximate surface area is 183 Å². The predicted molar refractivity (Wildman–Crippen MR) is 111 cm³/mol. The second-order valence-electron chi connectivity index (χ2n) is 9.09. The van der Waals surface area contributed by atoms with Gasteiger partial charge in [-0.25, -0.2) is 0 Å². The van der Waals surface area contributed by atoms with Crippen LogP contribution in [0.4, 0.5) is 0 Å². The second-order valence-corrected chi connectivity index (χ2v) is 9.09. The first kappa shape index (κ1) is 22.6. The van der Waals surface area contributed by atoms with Crippen molar-refractivity contribution in [1.82, 2.24) is 4.90 Å². The fraction of sp³-hybridized carbons (Fsp3) is 0.696. The molecular formula is C23H33NO7. The van der Waals surface area contributed by atoms with Crippen molar-refractivity contribution in [3.63, 3.8) is 0 Å². The van der Waals surface area contributed by atoms with Crippen molar-refractivity contribution in [3.8, 4) is 0 Å². The van der Waals surface area contributed by atoms with Crippen LogP contribution in [-0.2, 0) is 39.8 Å². The number of amides is 1. The molecular weight excluding hydrogens is 402 g/mol. The Morgan fingerprint density at radius 3 is 2.42 bits per heavy atom. The third-order valence-corrected chi connectivity index (χ3v) is 5.70. The molecule has 31 heavy (non-hydrogen) atoms. The van der Waals surface area contributed by atoms with E-state index < -0.39 is 29.9 Å². The number of rotatable bonds is 6. The van der Waals surface area contributed by atoms with E-state index in [-0.39, 0.29) is 12.0 Å². The van der Waals surface area contributed by atoms with Crippen LogP contribution in [0.25, 0.3) is 0 Å². The Kier molecular flexibility index (Phi) is 6.67. The molecule has 1 aromatic carbocycles. The van der Waals surface area contributed by atoms with Crippen LogP contribution in [-0.4, -0.2) is 79.7 Å². The number of carbonyl (C=O) groups excluding carboxylic acids is 1. The molecule has 172 valence electrons. The fourth-order valence-corrected chi connectivity index (χ4v) is 4.25. The third-order valence-electron chi connectivity index (χ3n) is 5.70. The van der Waals surface area contributed by atoms with Crippen LogP contribution in [0.3, 0.4) is 0 Å². The van der Waals surface area contributed by atoms with Crippen molar-refractivity contribution >= 4 is 5.91 Å². The summed E-state index contributed by atoms with van der Waals surface area (Å²) in [6, 6.07) is 9.79. The number of benzene rings is 1. The van der Waals surface area contributed by atoms with Crippen molar-refractivity contribution in [2.45, 2.75) is 70.3 Å². The molecule has 3 aliphatic rings. The van der Waals surface area contributed by atoms with Gasteiger partial charge >= 0.3 is 0 Å². The maximum Gasteiger partial charge on any atom is 0.254 e. The molecule has 0 aliphatic carbocycles. The van der Waals surface area contributed by atoms with Gasteiger partial charge in [0.25, 0.3) is 5.91 Å². The summed E-state index contributed by atoms with van der Waals surface area (Å²) in [6.07, 6.45) is -2.32. The summed E-state index contributed by atoms with van der Waals surface area (Å²) in [7, 11) is 0. The van der Waals surface area contributed by atoms with E-state index in [2.05, 4.69) is 0 Å². The lowest BCUT2D eigenvalue weighted by molar-refractivity contribution is -0.178. The lowest BCUT2D eigenvalue weighted by atomic mass is 10.0. The van der Waals surface area contributed by atoms with Gasteiger partial charge in [-0.15, -0.1) is 0 Å². The summed E-state index contributed by atoms with van der Waals surface area (Å²) in [5.41, 5.74) is 0.985. The van der Waals surface area contributed by atoms with Gasteiger partial charge < -0.3 is 33.3 Å². The van der Waals surface area contributed by atoms with Gasteiger partial charge in [0.2, 0.25) is 0 Å².